The smallest absolute Gasteiger partial charge is 0.255 e. The highest BCUT2D eigenvalue weighted by Gasteiger charge is 2.17. The Hall–Kier alpha value is -2.17. The highest BCUT2D eigenvalue weighted by molar-refractivity contribution is 8.16. The predicted molar refractivity (Wildman–Crippen MR) is 122 cm³/mol. The first-order chi connectivity index (χ1) is 13.8. The quantitative estimate of drug-likeness (QED) is 0.532. The van der Waals surface area contributed by atoms with Crippen molar-refractivity contribution in [2.45, 2.75) is 17.4 Å². The van der Waals surface area contributed by atoms with E-state index in [2.05, 4.69) is 35.6 Å². The maximum Gasteiger partial charge on any atom is 0.255 e. The maximum absolute atomic E-state index is 12.8. The molecule has 1 aliphatic rings. The lowest BCUT2D eigenvalue weighted by atomic mass is 10.0. The summed E-state index contributed by atoms with van der Waals surface area (Å²) in [5.74, 6) is 2.38. The minimum atomic E-state index is -0.0592. The number of hydrogen-bond donors (Lipinski definition) is 1. The zero-order chi connectivity index (χ0) is 19.2. The molecule has 0 saturated carbocycles. The lowest BCUT2D eigenvalue weighted by Gasteiger charge is -2.21. The monoisotopic (exact) mass is 405 g/mol. The Labute approximate surface area is 175 Å². The Morgan fingerprint density at radius 1 is 0.857 bits per heavy atom. The third-order valence-electron chi connectivity index (χ3n) is 4.78. The van der Waals surface area contributed by atoms with E-state index in [9.17, 15) is 4.79 Å². The van der Waals surface area contributed by atoms with Crippen molar-refractivity contribution in [2.75, 3.05) is 16.8 Å². The number of carbonyl (C=O) groups is 1. The first-order valence-corrected chi connectivity index (χ1v) is 11.7. The molecular formula is C24H23NOS2. The summed E-state index contributed by atoms with van der Waals surface area (Å²) in [7, 11) is 0. The van der Waals surface area contributed by atoms with Gasteiger partial charge in [0.1, 0.15) is 0 Å². The normalized spacial score (nSPS) is 14.6. The zero-order valence-electron chi connectivity index (χ0n) is 15.6. The largest absolute Gasteiger partial charge is 0.322 e. The fraction of sp³-hybridized carbons (Fsp3) is 0.208. The average molecular weight is 406 g/mol. The summed E-state index contributed by atoms with van der Waals surface area (Å²) in [6.45, 7) is 0. The summed E-state index contributed by atoms with van der Waals surface area (Å²) in [5, 5.41) is 3.10. The van der Waals surface area contributed by atoms with Crippen LogP contribution in [0.3, 0.4) is 0 Å². The van der Waals surface area contributed by atoms with Crippen molar-refractivity contribution in [1.29, 1.82) is 0 Å². The van der Waals surface area contributed by atoms with Crippen LogP contribution in [0, 0.1) is 0 Å². The lowest BCUT2D eigenvalue weighted by molar-refractivity contribution is 0.102. The van der Waals surface area contributed by atoms with Crippen molar-refractivity contribution in [3.8, 4) is 0 Å². The molecule has 1 aliphatic heterocycles. The molecule has 3 aromatic carbocycles. The van der Waals surface area contributed by atoms with E-state index < -0.39 is 0 Å². The number of thioether (sulfide) groups is 2. The van der Waals surface area contributed by atoms with E-state index in [1.54, 1.807) is 0 Å². The Morgan fingerprint density at radius 2 is 1.54 bits per heavy atom. The zero-order valence-corrected chi connectivity index (χ0v) is 17.3. The maximum atomic E-state index is 12.8. The molecule has 1 N–H and O–H groups in total. The Bertz CT molecular complexity index is 919. The van der Waals surface area contributed by atoms with E-state index in [1.807, 2.05) is 72.1 Å². The second-order valence-corrected chi connectivity index (χ2v) is 9.55. The summed E-state index contributed by atoms with van der Waals surface area (Å²) >= 11 is 4.00. The molecule has 4 heteroatoms. The summed E-state index contributed by atoms with van der Waals surface area (Å²) in [6.07, 6.45) is 2.08. The molecule has 0 unspecified atom stereocenters. The number of carbonyl (C=O) groups excluding carboxylic acids is 1. The van der Waals surface area contributed by atoms with Gasteiger partial charge in [0.05, 0.1) is 4.58 Å². The van der Waals surface area contributed by atoms with Crippen LogP contribution in [0.25, 0.3) is 0 Å². The highest BCUT2D eigenvalue weighted by atomic mass is 32.2. The van der Waals surface area contributed by atoms with Gasteiger partial charge in [-0.05, 0) is 59.2 Å². The summed E-state index contributed by atoms with van der Waals surface area (Å²) in [6, 6.07) is 26.4. The van der Waals surface area contributed by atoms with Crippen LogP contribution in [-0.2, 0) is 6.42 Å². The highest BCUT2D eigenvalue weighted by Crippen LogP contribution is 2.43. The van der Waals surface area contributed by atoms with Gasteiger partial charge in [0, 0.05) is 11.3 Å². The van der Waals surface area contributed by atoms with Crippen LogP contribution in [0.1, 0.15) is 38.1 Å². The molecule has 3 aromatic rings. The van der Waals surface area contributed by atoms with E-state index in [-0.39, 0.29) is 5.91 Å². The number of rotatable bonds is 5. The van der Waals surface area contributed by atoms with Gasteiger partial charge >= 0.3 is 0 Å². The van der Waals surface area contributed by atoms with E-state index in [1.165, 1.54) is 29.1 Å². The van der Waals surface area contributed by atoms with E-state index >= 15 is 0 Å². The molecule has 0 atom stereocenters. The first kappa shape index (κ1) is 19.2. The fourth-order valence-electron chi connectivity index (χ4n) is 3.28. The van der Waals surface area contributed by atoms with Gasteiger partial charge in [-0.3, -0.25) is 4.79 Å². The van der Waals surface area contributed by atoms with Gasteiger partial charge < -0.3 is 5.32 Å². The number of nitrogens with one attached hydrogen (secondary N) is 1. The van der Waals surface area contributed by atoms with Crippen LogP contribution >= 0.6 is 23.5 Å². The average Bonchev–Trinajstić information content (AvgIpc) is 2.76. The molecule has 1 fully saturated rings. The van der Waals surface area contributed by atoms with Crippen LogP contribution in [0.2, 0.25) is 0 Å². The SMILES string of the molecule is O=C(Nc1ccccc1Cc1ccccc1)c1ccc(C2SCCCS2)cc1. The summed E-state index contributed by atoms with van der Waals surface area (Å²) in [5.41, 5.74) is 5.23. The third-order valence-corrected chi connectivity index (χ3v) is 7.79. The second kappa shape index (κ2) is 9.35. The van der Waals surface area contributed by atoms with Gasteiger partial charge in [0.2, 0.25) is 0 Å². The van der Waals surface area contributed by atoms with Crippen LogP contribution < -0.4 is 5.32 Å². The summed E-state index contributed by atoms with van der Waals surface area (Å²) in [4.78, 5) is 12.8. The molecule has 142 valence electrons. The molecule has 1 heterocycles. The summed E-state index contributed by atoms with van der Waals surface area (Å²) < 4.78 is 0.498. The molecule has 4 rings (SSSR count). The molecule has 2 nitrogen and oxygen atoms in total. The topological polar surface area (TPSA) is 29.1 Å². The van der Waals surface area contributed by atoms with Crippen LogP contribution in [0.15, 0.2) is 78.9 Å². The molecule has 0 spiro atoms. The molecule has 0 aromatic heterocycles. The number of benzene rings is 3. The number of para-hydroxylation sites is 1. The Balaban J connectivity index is 1.46. The van der Waals surface area contributed by atoms with Gasteiger partial charge in [-0.1, -0.05) is 60.7 Å². The van der Waals surface area contributed by atoms with Crippen molar-refractivity contribution in [3.05, 3.63) is 101 Å². The number of anilines is 1. The molecule has 0 bridgehead atoms. The predicted octanol–water partition coefficient (Wildman–Crippen LogP) is 6.40. The van der Waals surface area contributed by atoms with Gasteiger partial charge in [-0.2, -0.15) is 0 Å². The standard InChI is InChI=1S/C24H23NOS2/c26-23(19-11-13-20(14-12-19)24-27-15-6-16-28-24)25-22-10-5-4-9-21(22)17-18-7-2-1-3-8-18/h1-5,7-14,24H,6,15-17H2,(H,25,26). The minimum absolute atomic E-state index is 0.0592. The molecular weight excluding hydrogens is 382 g/mol. The Morgan fingerprint density at radius 3 is 2.29 bits per heavy atom. The van der Waals surface area contributed by atoms with Crippen molar-refractivity contribution < 1.29 is 4.79 Å². The first-order valence-electron chi connectivity index (χ1n) is 9.56. The molecule has 1 amide bonds. The van der Waals surface area contributed by atoms with Crippen molar-refractivity contribution >= 4 is 35.1 Å². The van der Waals surface area contributed by atoms with Gasteiger partial charge in [-0.25, -0.2) is 0 Å². The lowest BCUT2D eigenvalue weighted by Crippen LogP contribution is -2.13. The van der Waals surface area contributed by atoms with E-state index in [4.69, 9.17) is 0 Å². The van der Waals surface area contributed by atoms with Crippen LogP contribution in [-0.4, -0.2) is 17.4 Å². The van der Waals surface area contributed by atoms with E-state index in [0.717, 1.165) is 17.7 Å². The van der Waals surface area contributed by atoms with Crippen LogP contribution in [0.5, 0.6) is 0 Å². The molecule has 1 saturated heterocycles. The molecule has 28 heavy (non-hydrogen) atoms. The molecule has 0 radical (unpaired) electrons. The number of amides is 1. The fourth-order valence-corrected chi connectivity index (χ4v) is 6.17. The van der Waals surface area contributed by atoms with Crippen molar-refractivity contribution in [1.82, 2.24) is 0 Å². The number of hydrogen-bond acceptors (Lipinski definition) is 3. The van der Waals surface area contributed by atoms with Crippen molar-refractivity contribution in [2.24, 2.45) is 0 Å². The second-order valence-electron chi connectivity index (χ2n) is 6.82. The van der Waals surface area contributed by atoms with Gasteiger partial charge in [0.15, 0.2) is 0 Å². The Kier molecular flexibility index (Phi) is 6.40. The third kappa shape index (κ3) is 4.81. The van der Waals surface area contributed by atoms with Gasteiger partial charge in [0.25, 0.3) is 5.91 Å². The van der Waals surface area contributed by atoms with E-state index in [0.29, 0.717) is 10.1 Å². The van der Waals surface area contributed by atoms with Crippen LogP contribution in [0.4, 0.5) is 5.69 Å². The molecule has 0 aliphatic carbocycles. The van der Waals surface area contributed by atoms with Gasteiger partial charge in [-0.15, -0.1) is 23.5 Å². The van der Waals surface area contributed by atoms with Crippen molar-refractivity contribution in [3.63, 3.8) is 0 Å². The minimum Gasteiger partial charge on any atom is -0.322 e.